The molecule has 115 heavy (non-hydrogen) atoms. The Morgan fingerprint density at radius 2 is 1.00 bits per heavy atom. The zero-order valence-electron chi connectivity index (χ0n) is 71.5. The number of sulfone groups is 2. The number of rotatable bonds is 34. The average molecular weight is 1650 g/mol. The highest BCUT2D eigenvalue weighted by Crippen LogP contribution is 2.45. The van der Waals surface area contributed by atoms with Crippen molar-refractivity contribution in [1.82, 2.24) is 10.2 Å². The maximum atomic E-state index is 13.9. The lowest BCUT2D eigenvalue weighted by atomic mass is 9.83. The van der Waals surface area contributed by atoms with Gasteiger partial charge in [0.2, 0.25) is 0 Å². The maximum absolute atomic E-state index is 13.9. The zero-order chi connectivity index (χ0) is 84.8. The van der Waals surface area contributed by atoms with Crippen LogP contribution in [0.15, 0.2) is 169 Å². The molecule has 0 bridgehead atoms. The quantitative estimate of drug-likeness (QED) is 0.0487. The summed E-state index contributed by atoms with van der Waals surface area (Å²) < 4.78 is 140. The van der Waals surface area contributed by atoms with E-state index in [1.165, 1.54) is 7.11 Å². The van der Waals surface area contributed by atoms with E-state index in [9.17, 15) is 31.5 Å². The second kappa shape index (κ2) is 44.0. The summed E-state index contributed by atoms with van der Waals surface area (Å²) >= 11 is 0. The smallest absolute Gasteiger partial charge is 0.412 e. The van der Waals surface area contributed by atoms with Gasteiger partial charge in [-0.3, -0.25) is 4.90 Å². The largest absolute Gasteiger partial charge is 0.444 e. The van der Waals surface area contributed by atoms with Crippen molar-refractivity contribution in [3.8, 4) is 0 Å². The molecule has 4 unspecified atom stereocenters. The first kappa shape index (κ1) is 96.4. The predicted molar refractivity (Wildman–Crippen MR) is 447 cm³/mol. The van der Waals surface area contributed by atoms with Gasteiger partial charge in [-0.1, -0.05) is 113 Å². The van der Waals surface area contributed by atoms with E-state index in [0.29, 0.717) is 52.2 Å². The third-order valence-corrected chi connectivity index (χ3v) is 25.6. The lowest BCUT2D eigenvalue weighted by Gasteiger charge is -2.38. The summed E-state index contributed by atoms with van der Waals surface area (Å²) in [7, 11) is -2.59. The van der Waals surface area contributed by atoms with Crippen LogP contribution in [0.1, 0.15) is 167 Å². The summed E-state index contributed by atoms with van der Waals surface area (Å²) in [4.78, 5) is 27.5. The van der Waals surface area contributed by atoms with Crippen LogP contribution in [0.4, 0.5) is 9.59 Å². The first-order valence-electron chi connectivity index (χ1n) is 40.9. The molecule has 0 aromatic heterocycles. The molecule has 646 valence electrons. The van der Waals surface area contributed by atoms with Crippen molar-refractivity contribution in [1.29, 1.82) is 0 Å². The number of methoxy groups -OCH3 is 3. The Balaban J connectivity index is 0.000000297. The molecular weight excluding hydrogens is 1510 g/mol. The van der Waals surface area contributed by atoms with Gasteiger partial charge in [-0.25, -0.2) is 26.4 Å². The van der Waals surface area contributed by atoms with Crippen LogP contribution < -0.4 is 5.32 Å². The van der Waals surface area contributed by atoms with Gasteiger partial charge < -0.3 is 76.7 Å². The highest BCUT2D eigenvalue weighted by atomic mass is 32.2. The highest BCUT2D eigenvalue weighted by Gasteiger charge is 2.53. The van der Waals surface area contributed by atoms with Crippen molar-refractivity contribution in [2.75, 3.05) is 72.4 Å². The topological polar surface area (TPSA) is 267 Å². The maximum Gasteiger partial charge on any atom is 0.412 e. The highest BCUT2D eigenvalue weighted by molar-refractivity contribution is 7.91. The number of benzene rings is 2. The molecule has 2 N–H and O–H groups in total. The van der Waals surface area contributed by atoms with Gasteiger partial charge in [0.25, 0.3) is 0 Å². The fraction of sp³-hybridized carbons (Fsp3) is 0.667. The van der Waals surface area contributed by atoms with Crippen LogP contribution in [0.3, 0.4) is 0 Å². The molecule has 20 atom stereocenters. The molecule has 7 saturated heterocycles. The summed E-state index contributed by atoms with van der Waals surface area (Å²) in [6, 6.07) is 16.9. The van der Waals surface area contributed by atoms with Crippen molar-refractivity contribution in [2.24, 2.45) is 23.7 Å². The molecule has 0 aliphatic carbocycles. The molecule has 7 fully saturated rings. The Labute approximate surface area is 688 Å². The Kier molecular flexibility index (Phi) is 36.9. The summed E-state index contributed by atoms with van der Waals surface area (Å²) in [6.07, 6.45) is 12.3. The molecule has 9 rings (SSSR count). The van der Waals surface area contributed by atoms with Gasteiger partial charge in [0.05, 0.1) is 158 Å². The molecule has 25 heteroatoms. The number of ether oxygens (including phenoxy) is 14. The Morgan fingerprint density at radius 1 is 0.574 bits per heavy atom. The third-order valence-electron chi connectivity index (χ3n) is 22.0. The van der Waals surface area contributed by atoms with Crippen molar-refractivity contribution in [3.63, 3.8) is 0 Å². The minimum absolute atomic E-state index is 0.0232. The summed E-state index contributed by atoms with van der Waals surface area (Å²) in [5.74, 6) is -1.05. The van der Waals surface area contributed by atoms with Crippen LogP contribution in [0.5, 0.6) is 0 Å². The number of nitrogens with one attached hydrogen (secondary N) is 1. The Bertz CT molecular complexity index is 3750. The lowest BCUT2D eigenvalue weighted by Crippen LogP contribution is -2.46. The molecule has 23 nitrogen and oxygen atoms in total. The molecule has 2 amide bonds. The number of aliphatic hydroxyl groups excluding tert-OH is 1. The van der Waals surface area contributed by atoms with Crippen LogP contribution in [0, 0.1) is 23.7 Å². The van der Waals surface area contributed by atoms with Crippen molar-refractivity contribution >= 4 is 31.9 Å². The normalized spacial score (nSPS) is 30.3. The van der Waals surface area contributed by atoms with Crippen molar-refractivity contribution < 1.29 is 97.8 Å². The number of carbonyl (C=O) groups is 2. The number of hydrogen-bond donors (Lipinski definition) is 2. The number of nitrogens with zero attached hydrogens (tertiary/aromatic N) is 1. The Morgan fingerprint density at radius 3 is 1.41 bits per heavy atom. The van der Waals surface area contributed by atoms with Gasteiger partial charge >= 0.3 is 12.2 Å². The zero-order valence-corrected chi connectivity index (χ0v) is 73.2. The van der Waals surface area contributed by atoms with Gasteiger partial charge in [0.15, 0.2) is 19.7 Å². The van der Waals surface area contributed by atoms with Crippen LogP contribution in [-0.2, 0) is 86.0 Å². The van der Waals surface area contributed by atoms with Gasteiger partial charge in [-0.15, -0.1) is 13.2 Å². The SMILES string of the molecule is C=CCOC/C=C/[C@H]1CC(=C)C(CC[C@H]2C[C@@H](C)C(=C)C(C[C@@H]3O[C@H](C[C@H](O)CNC(=O)OC(C)(C)C)[C@H](OC)[C@H]3CS(=O)(=O)c3ccccc3)O2)O1.C=CCOC/C=C/[C@H]1CC(=C)C(CC[C@H]2C[C@@H](C)C(=C)C(C[C@@H]3O[C@H](C[C@H]4CN(C(=O)OC(C)(C)C)C(C)(C)O4)[C@H](OC)[C@H]3CS(=O)(=O)c3ccccc3)O2)O1.COC(C)(C)C. The Hall–Kier alpha value is -5.72. The third kappa shape index (κ3) is 30.2. The fourth-order valence-electron chi connectivity index (χ4n) is 15.9. The number of amides is 2. The molecule has 7 heterocycles. The molecule has 0 spiro atoms. The predicted octanol–water partition coefficient (Wildman–Crippen LogP) is 15.2. The molecular formula is C90H138N2O21S2. The lowest BCUT2D eigenvalue weighted by molar-refractivity contribution is -0.0992. The van der Waals surface area contributed by atoms with E-state index >= 15 is 0 Å². The van der Waals surface area contributed by atoms with Gasteiger partial charge in [0.1, 0.15) is 16.9 Å². The van der Waals surface area contributed by atoms with E-state index in [1.54, 1.807) is 113 Å². The van der Waals surface area contributed by atoms with Crippen molar-refractivity contribution in [2.45, 2.75) is 297 Å². The molecule has 0 saturated carbocycles. The molecule has 7 aliphatic rings. The number of aliphatic hydroxyl groups is 1. The van der Waals surface area contributed by atoms with E-state index in [1.807, 2.05) is 79.7 Å². The first-order valence-corrected chi connectivity index (χ1v) is 44.2. The van der Waals surface area contributed by atoms with Crippen molar-refractivity contribution in [3.05, 3.63) is 159 Å². The second-order valence-corrected chi connectivity index (χ2v) is 39.1. The molecule has 0 radical (unpaired) electrons. The van der Waals surface area contributed by atoms with E-state index in [4.69, 9.17) is 66.3 Å². The van der Waals surface area contributed by atoms with E-state index in [-0.39, 0.29) is 107 Å². The number of carbonyl (C=O) groups excluding carboxylic acids is 2. The van der Waals surface area contributed by atoms with Gasteiger partial charge in [0, 0.05) is 78.2 Å². The van der Waals surface area contributed by atoms with Gasteiger partial charge in [-0.05, 0) is 173 Å². The summed E-state index contributed by atoms with van der Waals surface area (Å²) in [5, 5.41) is 13.6. The summed E-state index contributed by atoms with van der Waals surface area (Å²) in [6.45, 7) is 51.9. The standard InChI is InChI=1S/C44H65NO10S.C41H61NO10S.C5H12O/c1-11-21-50-22-15-16-32-24-30(3)37(51-32)20-19-33-23-29(2)31(4)38(52-33)26-39-36(28-56(47,48)35-17-13-12-14-18-35)41(49-10)40(53-39)25-34-27-45(44(8,9)54-34)42(46)55-43(5,6)7;1-9-19-48-20-13-14-31-22-28(3)35(49-31)18-17-32-21-27(2)29(4)36(50-32)24-37-34(26-53(45,46)33-15-11-10-12-16-33)39(47-8)38(51-37)23-30(43)25-42-40(44)52-41(5,6)7;1-5(2,3)6-4/h11-18,29,32-34,36-41H,1,3-4,19-28H2,2,5-10H3;9-16,27,30-32,34-39,43H,1,3-4,17-26H2,2,5-8H3,(H,42,44);1-4H3/b16-15+;14-13+;/t29-,32+,33+,34+,36+,37?,38?,39+,40-,41-;27-,30+,31+,32+,34+,35?,36?,37+,38-,39-;/m11./s1. The van der Waals surface area contributed by atoms with Gasteiger partial charge in [-0.2, -0.15) is 0 Å². The van der Waals surface area contributed by atoms with Crippen LogP contribution in [0.2, 0.25) is 0 Å². The second-order valence-electron chi connectivity index (χ2n) is 35.0. The average Bonchev–Trinajstić information content (AvgIpc) is 1.65. The molecule has 2 aromatic carbocycles. The first-order chi connectivity index (χ1) is 54.1. The molecule has 2 aromatic rings. The van der Waals surface area contributed by atoms with E-state index < -0.39 is 103 Å². The van der Waals surface area contributed by atoms with Crippen LogP contribution in [0.25, 0.3) is 0 Å². The number of hydrogen-bond acceptors (Lipinski definition) is 21. The van der Waals surface area contributed by atoms with Crippen LogP contribution in [-0.4, -0.2) is 232 Å². The van der Waals surface area contributed by atoms with Crippen LogP contribution >= 0.6 is 0 Å². The summed E-state index contributed by atoms with van der Waals surface area (Å²) in [5.41, 5.74) is 1.87. The van der Waals surface area contributed by atoms with E-state index in [2.05, 4.69) is 58.6 Å². The minimum Gasteiger partial charge on any atom is -0.444 e. The minimum atomic E-state index is -3.72. The monoisotopic (exact) mass is 1650 g/mol. The molecule has 7 aliphatic heterocycles. The number of alkyl carbamates (subject to hydrolysis) is 1. The van der Waals surface area contributed by atoms with E-state index in [0.717, 1.165) is 73.7 Å². The fourth-order valence-corrected chi connectivity index (χ4v) is 19.2.